The van der Waals surface area contributed by atoms with Crippen LogP contribution in [0.2, 0.25) is 0 Å². The van der Waals surface area contributed by atoms with E-state index in [-0.39, 0.29) is 11.8 Å². The molecule has 0 bridgehead atoms. The van der Waals surface area contributed by atoms with Crippen LogP contribution in [-0.2, 0) is 9.59 Å². The molecule has 4 heteroatoms. The normalized spacial score (nSPS) is 11.3. The molecular formula is C36H72N2O2. The van der Waals surface area contributed by atoms with Crippen molar-refractivity contribution in [2.45, 2.75) is 206 Å². The summed E-state index contributed by atoms with van der Waals surface area (Å²) >= 11 is 0. The maximum atomic E-state index is 13.1. The molecule has 0 saturated carbocycles. The SMILES string of the molecule is CCCCCCCCCCCC(=O)N(CCCCCCCCCCCCN)C(=O)CCCCCCCCCCC. The van der Waals surface area contributed by atoms with Crippen LogP contribution in [0.3, 0.4) is 0 Å². The molecule has 40 heavy (non-hydrogen) atoms. The van der Waals surface area contributed by atoms with Crippen LogP contribution >= 0.6 is 0 Å². The molecule has 0 heterocycles. The molecule has 0 aliphatic heterocycles. The number of carbonyl (C=O) groups is 2. The van der Waals surface area contributed by atoms with Crippen LogP contribution in [0.15, 0.2) is 0 Å². The van der Waals surface area contributed by atoms with Crippen LogP contribution in [0, 0.1) is 0 Å². The number of nitrogens with zero attached hydrogens (tertiary/aromatic N) is 1. The summed E-state index contributed by atoms with van der Waals surface area (Å²) < 4.78 is 0. The average molecular weight is 565 g/mol. The van der Waals surface area contributed by atoms with E-state index in [1.807, 2.05) is 0 Å². The molecule has 4 nitrogen and oxygen atoms in total. The third-order valence-electron chi connectivity index (χ3n) is 8.43. The molecule has 0 aromatic carbocycles. The van der Waals surface area contributed by atoms with Crippen molar-refractivity contribution in [3.05, 3.63) is 0 Å². The summed E-state index contributed by atoms with van der Waals surface area (Å²) in [5.41, 5.74) is 5.57. The van der Waals surface area contributed by atoms with Crippen molar-refractivity contribution < 1.29 is 9.59 Å². The highest BCUT2D eigenvalue weighted by Crippen LogP contribution is 2.16. The van der Waals surface area contributed by atoms with Gasteiger partial charge in [0.25, 0.3) is 0 Å². The molecule has 0 spiro atoms. The van der Waals surface area contributed by atoms with Crippen molar-refractivity contribution in [2.24, 2.45) is 5.73 Å². The molecule has 238 valence electrons. The van der Waals surface area contributed by atoms with E-state index in [9.17, 15) is 9.59 Å². The summed E-state index contributed by atoms with van der Waals surface area (Å²) in [5, 5.41) is 0. The zero-order valence-electron chi connectivity index (χ0n) is 27.5. The Morgan fingerprint density at radius 3 is 1.00 bits per heavy atom. The molecule has 0 atom stereocenters. The third kappa shape index (κ3) is 27.3. The minimum Gasteiger partial charge on any atom is -0.330 e. The Bertz CT molecular complexity index is 503. The van der Waals surface area contributed by atoms with Crippen LogP contribution in [-0.4, -0.2) is 29.8 Å². The molecule has 0 aliphatic rings. The van der Waals surface area contributed by atoms with Gasteiger partial charge in [-0.25, -0.2) is 0 Å². The minimum atomic E-state index is 0.0846. The van der Waals surface area contributed by atoms with Crippen LogP contribution < -0.4 is 5.73 Å². The van der Waals surface area contributed by atoms with Gasteiger partial charge < -0.3 is 5.73 Å². The molecule has 2 N–H and O–H groups in total. The second kappa shape index (κ2) is 32.6. The topological polar surface area (TPSA) is 63.4 Å². The molecule has 0 radical (unpaired) electrons. The van der Waals surface area contributed by atoms with E-state index in [2.05, 4.69) is 13.8 Å². The number of unbranched alkanes of at least 4 members (excludes halogenated alkanes) is 25. The second-order valence-corrected chi connectivity index (χ2v) is 12.4. The molecule has 0 aliphatic carbocycles. The molecule has 0 rings (SSSR count). The van der Waals surface area contributed by atoms with Crippen LogP contribution in [0.5, 0.6) is 0 Å². The van der Waals surface area contributed by atoms with Gasteiger partial charge in [0.1, 0.15) is 0 Å². The van der Waals surface area contributed by atoms with E-state index in [1.165, 1.54) is 135 Å². The quantitative estimate of drug-likeness (QED) is 0.0826. The first-order valence-electron chi connectivity index (χ1n) is 18.2. The maximum absolute atomic E-state index is 13.1. The van der Waals surface area contributed by atoms with E-state index in [0.717, 1.165) is 51.5 Å². The van der Waals surface area contributed by atoms with E-state index < -0.39 is 0 Å². The van der Waals surface area contributed by atoms with Gasteiger partial charge in [0.05, 0.1) is 0 Å². The highest BCUT2D eigenvalue weighted by Gasteiger charge is 2.20. The Labute approximate surface area is 251 Å². The Balaban J connectivity index is 4.24. The molecule has 0 fully saturated rings. The van der Waals surface area contributed by atoms with Gasteiger partial charge in [-0.2, -0.15) is 0 Å². The van der Waals surface area contributed by atoms with E-state index in [1.54, 1.807) is 4.90 Å². The van der Waals surface area contributed by atoms with Gasteiger partial charge >= 0.3 is 0 Å². The largest absolute Gasteiger partial charge is 0.330 e. The highest BCUT2D eigenvalue weighted by molar-refractivity contribution is 5.95. The minimum absolute atomic E-state index is 0.0846. The summed E-state index contributed by atoms with van der Waals surface area (Å²) in [5.74, 6) is 0.169. The first kappa shape index (κ1) is 39.1. The number of hydrogen-bond donors (Lipinski definition) is 1. The van der Waals surface area contributed by atoms with Crippen LogP contribution in [0.4, 0.5) is 0 Å². The van der Waals surface area contributed by atoms with E-state index >= 15 is 0 Å². The monoisotopic (exact) mass is 565 g/mol. The lowest BCUT2D eigenvalue weighted by Gasteiger charge is -2.21. The van der Waals surface area contributed by atoms with Gasteiger partial charge in [-0.1, -0.05) is 168 Å². The average Bonchev–Trinajstić information content (AvgIpc) is 2.95. The Kier molecular flexibility index (Phi) is 31.9. The number of carbonyl (C=O) groups excluding carboxylic acids is 2. The van der Waals surface area contributed by atoms with Gasteiger partial charge in [0, 0.05) is 19.4 Å². The van der Waals surface area contributed by atoms with Gasteiger partial charge in [0.15, 0.2) is 0 Å². The standard InChI is InChI=1S/C36H72N2O2/c1-3-5-7-9-11-15-19-23-27-31-35(39)38(34-30-26-22-18-14-13-17-21-25-29-33-37)36(40)32-28-24-20-16-12-10-8-6-4-2/h3-34,37H2,1-2H3. The smallest absolute Gasteiger partial charge is 0.229 e. The summed E-state index contributed by atoms with van der Waals surface area (Å²) in [7, 11) is 0. The van der Waals surface area contributed by atoms with E-state index in [0.29, 0.717) is 19.4 Å². The Morgan fingerprint density at radius 1 is 0.400 bits per heavy atom. The van der Waals surface area contributed by atoms with Crippen molar-refractivity contribution in [2.75, 3.05) is 13.1 Å². The van der Waals surface area contributed by atoms with Crippen molar-refractivity contribution in [1.29, 1.82) is 0 Å². The number of nitrogens with two attached hydrogens (primary N) is 1. The van der Waals surface area contributed by atoms with Crippen molar-refractivity contribution in [3.63, 3.8) is 0 Å². The predicted octanol–water partition coefficient (Wildman–Crippen LogP) is 11.0. The molecule has 0 saturated heterocycles. The van der Waals surface area contributed by atoms with Gasteiger partial charge in [0.2, 0.25) is 11.8 Å². The fraction of sp³-hybridized carbons (Fsp3) is 0.944. The molecule has 2 amide bonds. The fourth-order valence-corrected chi connectivity index (χ4v) is 5.66. The molecule has 0 aromatic rings. The Morgan fingerprint density at radius 2 is 0.675 bits per heavy atom. The van der Waals surface area contributed by atoms with Crippen LogP contribution in [0.1, 0.15) is 206 Å². The first-order chi connectivity index (χ1) is 19.7. The van der Waals surface area contributed by atoms with Crippen molar-refractivity contribution in [1.82, 2.24) is 4.90 Å². The van der Waals surface area contributed by atoms with Gasteiger partial charge in [-0.3, -0.25) is 14.5 Å². The molecule has 0 aromatic heterocycles. The maximum Gasteiger partial charge on any atom is 0.229 e. The highest BCUT2D eigenvalue weighted by atomic mass is 16.2. The summed E-state index contributed by atoms with van der Waals surface area (Å²) in [4.78, 5) is 27.8. The fourth-order valence-electron chi connectivity index (χ4n) is 5.66. The first-order valence-corrected chi connectivity index (χ1v) is 18.2. The lowest BCUT2D eigenvalue weighted by atomic mass is 10.0. The number of hydrogen-bond acceptors (Lipinski definition) is 3. The van der Waals surface area contributed by atoms with Gasteiger partial charge in [-0.05, 0) is 32.2 Å². The second-order valence-electron chi connectivity index (χ2n) is 12.4. The number of rotatable bonds is 32. The lowest BCUT2D eigenvalue weighted by molar-refractivity contribution is -0.145. The lowest BCUT2D eigenvalue weighted by Crippen LogP contribution is -2.37. The predicted molar refractivity (Wildman–Crippen MR) is 176 cm³/mol. The summed E-state index contributed by atoms with van der Waals surface area (Å²) in [6.07, 6.45) is 35.9. The zero-order valence-corrected chi connectivity index (χ0v) is 27.5. The third-order valence-corrected chi connectivity index (χ3v) is 8.43. The van der Waals surface area contributed by atoms with Crippen molar-refractivity contribution in [3.8, 4) is 0 Å². The number of amides is 2. The molecule has 0 unspecified atom stereocenters. The summed E-state index contributed by atoms with van der Waals surface area (Å²) in [6.45, 7) is 5.97. The van der Waals surface area contributed by atoms with Crippen molar-refractivity contribution >= 4 is 11.8 Å². The molecular weight excluding hydrogens is 492 g/mol. The van der Waals surface area contributed by atoms with Gasteiger partial charge in [-0.15, -0.1) is 0 Å². The number of imide groups is 1. The van der Waals surface area contributed by atoms with Crippen LogP contribution in [0.25, 0.3) is 0 Å². The zero-order chi connectivity index (χ0) is 29.4. The Hall–Kier alpha value is -0.900. The van der Waals surface area contributed by atoms with E-state index in [4.69, 9.17) is 5.73 Å². The summed E-state index contributed by atoms with van der Waals surface area (Å²) in [6, 6.07) is 0.